The molecule has 0 amide bonds. The lowest BCUT2D eigenvalue weighted by Gasteiger charge is -1.99. The van der Waals surface area contributed by atoms with Crippen LogP contribution in [0.1, 0.15) is 5.56 Å². The van der Waals surface area contributed by atoms with Crippen molar-refractivity contribution in [1.82, 2.24) is 9.38 Å². The first-order valence-corrected chi connectivity index (χ1v) is 6.74. The molecule has 2 aromatic heterocycles. The Balaban J connectivity index is 2.18. The number of pyridine rings is 1. The van der Waals surface area contributed by atoms with Crippen LogP contribution in [0.4, 0.5) is 5.69 Å². The molecule has 0 radical (unpaired) electrons. The number of aryl methyl sites for hydroxylation is 1. The fourth-order valence-corrected chi connectivity index (χ4v) is 2.53. The van der Waals surface area contributed by atoms with Gasteiger partial charge in [0, 0.05) is 29.6 Å². The molecule has 0 fully saturated rings. The molecule has 2 heterocycles. The third kappa shape index (κ3) is 2.08. The second-order valence-corrected chi connectivity index (χ2v) is 5.33. The first kappa shape index (κ1) is 12.8. The number of aromatic nitrogens is 2. The molecule has 3 rings (SSSR count). The number of nitro groups is 1. The van der Waals surface area contributed by atoms with E-state index in [0.717, 1.165) is 15.7 Å². The molecule has 0 N–H and O–H groups in total. The average Bonchev–Trinajstić information content (AvgIpc) is 2.84. The van der Waals surface area contributed by atoms with Gasteiger partial charge in [-0.1, -0.05) is 12.1 Å². The first-order chi connectivity index (χ1) is 9.56. The Morgan fingerprint density at radius 1 is 1.35 bits per heavy atom. The Kier molecular flexibility index (Phi) is 3.02. The summed E-state index contributed by atoms with van der Waals surface area (Å²) < 4.78 is 2.76. The third-order valence-corrected chi connectivity index (χ3v) is 3.76. The van der Waals surface area contributed by atoms with E-state index < -0.39 is 0 Å². The molecular formula is C14H10BrN3O2. The number of rotatable bonds is 2. The highest BCUT2D eigenvalue weighted by Crippen LogP contribution is 2.27. The molecule has 1 aromatic carbocycles. The van der Waals surface area contributed by atoms with Crippen molar-refractivity contribution in [2.45, 2.75) is 6.92 Å². The Hall–Kier alpha value is -2.21. The van der Waals surface area contributed by atoms with Gasteiger partial charge < -0.3 is 4.40 Å². The Labute approximate surface area is 123 Å². The molecule has 3 aromatic rings. The number of nitro benzene ring substituents is 1. The van der Waals surface area contributed by atoms with Gasteiger partial charge >= 0.3 is 0 Å². The molecule has 0 aliphatic rings. The molecule has 0 atom stereocenters. The van der Waals surface area contributed by atoms with Gasteiger partial charge in [0.2, 0.25) is 0 Å². The Bertz CT molecular complexity index is 826. The van der Waals surface area contributed by atoms with Crippen LogP contribution in [-0.2, 0) is 0 Å². The average molecular weight is 332 g/mol. The van der Waals surface area contributed by atoms with E-state index in [1.54, 1.807) is 19.1 Å². The Morgan fingerprint density at radius 2 is 2.15 bits per heavy atom. The molecule has 0 bridgehead atoms. The lowest BCUT2D eigenvalue weighted by molar-refractivity contribution is -0.385. The minimum Gasteiger partial charge on any atom is -0.306 e. The Morgan fingerprint density at radius 3 is 2.85 bits per heavy atom. The van der Waals surface area contributed by atoms with Crippen molar-refractivity contribution < 1.29 is 4.92 Å². The smallest absolute Gasteiger partial charge is 0.272 e. The highest BCUT2D eigenvalue weighted by Gasteiger charge is 2.14. The molecule has 0 saturated carbocycles. The summed E-state index contributed by atoms with van der Waals surface area (Å²) >= 11 is 3.44. The van der Waals surface area contributed by atoms with Gasteiger partial charge in [0.15, 0.2) is 5.65 Å². The van der Waals surface area contributed by atoms with Crippen LogP contribution in [0, 0.1) is 17.0 Å². The van der Waals surface area contributed by atoms with E-state index in [9.17, 15) is 10.1 Å². The summed E-state index contributed by atoms with van der Waals surface area (Å²) in [5, 5.41) is 11.0. The molecule has 0 spiro atoms. The number of nitrogens with zero attached hydrogens (tertiary/aromatic N) is 3. The summed E-state index contributed by atoms with van der Waals surface area (Å²) in [6, 6.07) is 8.96. The van der Waals surface area contributed by atoms with Crippen molar-refractivity contribution in [3.63, 3.8) is 0 Å². The van der Waals surface area contributed by atoms with Crippen molar-refractivity contribution in [1.29, 1.82) is 0 Å². The van der Waals surface area contributed by atoms with Gasteiger partial charge in [-0.3, -0.25) is 10.1 Å². The van der Waals surface area contributed by atoms with Gasteiger partial charge in [-0.25, -0.2) is 4.98 Å². The zero-order valence-corrected chi connectivity index (χ0v) is 12.2. The standard InChI is InChI=1S/C14H10BrN3O2/c1-9-4-5-10(7-13(9)18(19)20)12-8-17-6-2-3-11(15)14(17)16-12/h2-8H,1H3. The minimum absolute atomic E-state index is 0.110. The van der Waals surface area contributed by atoms with Crippen LogP contribution < -0.4 is 0 Å². The van der Waals surface area contributed by atoms with Gasteiger partial charge in [0.1, 0.15) is 0 Å². The van der Waals surface area contributed by atoms with E-state index in [4.69, 9.17) is 0 Å². The van der Waals surface area contributed by atoms with Crippen molar-refractivity contribution in [2.75, 3.05) is 0 Å². The summed E-state index contributed by atoms with van der Waals surface area (Å²) in [6.07, 6.45) is 3.74. The summed E-state index contributed by atoms with van der Waals surface area (Å²) in [6.45, 7) is 1.72. The molecule has 0 unspecified atom stereocenters. The number of hydrogen-bond acceptors (Lipinski definition) is 3. The highest BCUT2D eigenvalue weighted by atomic mass is 79.9. The van der Waals surface area contributed by atoms with Crippen LogP contribution in [0.25, 0.3) is 16.9 Å². The molecule has 0 saturated heterocycles. The molecule has 6 heteroatoms. The summed E-state index contributed by atoms with van der Waals surface area (Å²) in [4.78, 5) is 15.1. The first-order valence-electron chi connectivity index (χ1n) is 5.95. The lowest BCUT2D eigenvalue weighted by Crippen LogP contribution is -1.92. The number of fused-ring (bicyclic) bond motifs is 1. The van der Waals surface area contributed by atoms with E-state index >= 15 is 0 Å². The van der Waals surface area contributed by atoms with Crippen LogP contribution in [0.15, 0.2) is 47.2 Å². The van der Waals surface area contributed by atoms with Gasteiger partial charge in [-0.2, -0.15) is 0 Å². The molecule has 20 heavy (non-hydrogen) atoms. The molecule has 0 aliphatic carbocycles. The fourth-order valence-electron chi connectivity index (χ4n) is 2.08. The summed E-state index contributed by atoms with van der Waals surface area (Å²) in [5.74, 6) is 0. The van der Waals surface area contributed by atoms with E-state index in [-0.39, 0.29) is 10.6 Å². The van der Waals surface area contributed by atoms with Gasteiger partial charge in [0.05, 0.1) is 15.1 Å². The minimum atomic E-state index is -0.370. The summed E-state index contributed by atoms with van der Waals surface area (Å²) in [7, 11) is 0. The van der Waals surface area contributed by atoms with Crippen LogP contribution in [0.2, 0.25) is 0 Å². The third-order valence-electron chi connectivity index (χ3n) is 3.14. The van der Waals surface area contributed by atoms with E-state index in [1.807, 2.05) is 35.0 Å². The van der Waals surface area contributed by atoms with Gasteiger partial charge in [-0.05, 0) is 35.0 Å². The maximum atomic E-state index is 11.0. The molecule has 0 aliphatic heterocycles. The van der Waals surface area contributed by atoms with Crippen LogP contribution in [0.3, 0.4) is 0 Å². The SMILES string of the molecule is Cc1ccc(-c2cn3cccc(Br)c3n2)cc1[N+](=O)[O-]. The van der Waals surface area contributed by atoms with Crippen molar-refractivity contribution in [3.05, 3.63) is 62.9 Å². The summed E-state index contributed by atoms with van der Waals surface area (Å²) in [5.41, 5.74) is 2.98. The quantitative estimate of drug-likeness (QED) is 0.527. The number of halogens is 1. The van der Waals surface area contributed by atoms with Crippen molar-refractivity contribution >= 4 is 27.3 Å². The van der Waals surface area contributed by atoms with E-state index in [1.165, 1.54) is 0 Å². The highest BCUT2D eigenvalue weighted by molar-refractivity contribution is 9.10. The molecule has 5 nitrogen and oxygen atoms in total. The second-order valence-electron chi connectivity index (χ2n) is 4.47. The number of imidazole rings is 1. The maximum Gasteiger partial charge on any atom is 0.272 e. The van der Waals surface area contributed by atoms with Crippen molar-refractivity contribution in [2.24, 2.45) is 0 Å². The zero-order chi connectivity index (χ0) is 14.3. The number of hydrogen-bond donors (Lipinski definition) is 0. The van der Waals surface area contributed by atoms with E-state index in [2.05, 4.69) is 20.9 Å². The molecular weight excluding hydrogens is 322 g/mol. The maximum absolute atomic E-state index is 11.0. The zero-order valence-electron chi connectivity index (χ0n) is 10.6. The predicted octanol–water partition coefficient (Wildman–Crippen LogP) is 3.98. The van der Waals surface area contributed by atoms with Gasteiger partial charge in [-0.15, -0.1) is 0 Å². The van der Waals surface area contributed by atoms with E-state index in [0.29, 0.717) is 11.3 Å². The van der Waals surface area contributed by atoms with Gasteiger partial charge in [0.25, 0.3) is 5.69 Å². The fraction of sp³-hybridized carbons (Fsp3) is 0.0714. The predicted molar refractivity (Wildman–Crippen MR) is 79.7 cm³/mol. The number of benzene rings is 1. The topological polar surface area (TPSA) is 60.4 Å². The van der Waals surface area contributed by atoms with Crippen molar-refractivity contribution in [3.8, 4) is 11.3 Å². The monoisotopic (exact) mass is 331 g/mol. The van der Waals surface area contributed by atoms with Crippen LogP contribution in [0.5, 0.6) is 0 Å². The largest absolute Gasteiger partial charge is 0.306 e. The lowest BCUT2D eigenvalue weighted by atomic mass is 10.1. The van der Waals surface area contributed by atoms with Crippen LogP contribution in [-0.4, -0.2) is 14.3 Å². The normalized spacial score (nSPS) is 10.9. The second kappa shape index (κ2) is 4.72. The van der Waals surface area contributed by atoms with Crippen LogP contribution >= 0.6 is 15.9 Å². The molecule has 100 valence electrons.